The Labute approximate surface area is 132 Å². The average molecular weight is 345 g/mol. The summed E-state index contributed by atoms with van der Waals surface area (Å²) in [5, 5.41) is 0. The van der Waals surface area contributed by atoms with Gasteiger partial charge >= 0.3 is 0 Å². The molecule has 1 heterocycles. The average Bonchev–Trinajstić information content (AvgIpc) is 3.00. The van der Waals surface area contributed by atoms with Gasteiger partial charge in [-0.05, 0) is 24.3 Å². The van der Waals surface area contributed by atoms with Gasteiger partial charge < -0.3 is 9.15 Å². The predicted octanol–water partition coefficient (Wildman–Crippen LogP) is 2.64. The van der Waals surface area contributed by atoms with Gasteiger partial charge in [0.2, 0.25) is 10.0 Å². The fraction of sp³-hybridized carbons (Fsp3) is 0.286. The molecule has 2 rings (SSSR count). The third-order valence-electron chi connectivity index (χ3n) is 2.80. The van der Waals surface area contributed by atoms with Gasteiger partial charge in [-0.1, -0.05) is 0 Å². The van der Waals surface area contributed by atoms with E-state index in [0.717, 1.165) is 17.9 Å². The van der Waals surface area contributed by atoms with Crippen LogP contribution in [-0.4, -0.2) is 27.8 Å². The topological polar surface area (TPSA) is 68.5 Å². The molecule has 1 aromatic heterocycles. The van der Waals surface area contributed by atoms with E-state index in [9.17, 15) is 12.8 Å². The van der Waals surface area contributed by atoms with Crippen LogP contribution in [0.1, 0.15) is 5.76 Å². The Balaban J connectivity index is 1.85. The number of halogens is 1. The number of furan rings is 1. The van der Waals surface area contributed by atoms with Crippen molar-refractivity contribution in [3.8, 4) is 5.75 Å². The molecule has 22 heavy (non-hydrogen) atoms. The largest absolute Gasteiger partial charge is 0.494 e. The van der Waals surface area contributed by atoms with E-state index in [1.54, 1.807) is 24.1 Å². The summed E-state index contributed by atoms with van der Waals surface area (Å²) in [6.45, 7) is 0.271. The summed E-state index contributed by atoms with van der Waals surface area (Å²) >= 11 is 1.55. The van der Waals surface area contributed by atoms with Crippen molar-refractivity contribution in [2.24, 2.45) is 0 Å². The summed E-state index contributed by atoms with van der Waals surface area (Å²) in [6.07, 6.45) is 1.60. The van der Waals surface area contributed by atoms with Gasteiger partial charge in [-0.25, -0.2) is 17.5 Å². The summed E-state index contributed by atoms with van der Waals surface area (Å²) in [4.78, 5) is -0.0261. The lowest BCUT2D eigenvalue weighted by Crippen LogP contribution is -2.26. The van der Waals surface area contributed by atoms with Gasteiger partial charge in [0.1, 0.15) is 5.76 Å². The minimum atomic E-state index is -3.68. The number of sulfonamides is 1. The van der Waals surface area contributed by atoms with E-state index < -0.39 is 15.8 Å². The Hall–Kier alpha value is -1.51. The zero-order valence-corrected chi connectivity index (χ0v) is 13.5. The molecule has 0 saturated heterocycles. The third-order valence-corrected chi connectivity index (χ3v) is 5.24. The number of rotatable bonds is 8. The third kappa shape index (κ3) is 4.49. The van der Waals surface area contributed by atoms with Gasteiger partial charge in [0.05, 0.1) is 24.0 Å². The van der Waals surface area contributed by atoms with Gasteiger partial charge in [0.15, 0.2) is 11.6 Å². The lowest BCUT2D eigenvalue weighted by atomic mass is 10.3. The molecule has 0 amide bonds. The van der Waals surface area contributed by atoms with Gasteiger partial charge in [-0.3, -0.25) is 0 Å². The minimum absolute atomic E-state index is 0.0261. The van der Waals surface area contributed by atoms with Gasteiger partial charge in [0, 0.05) is 18.4 Å². The SMILES string of the molecule is COc1cc(S(=O)(=O)NCCSCc2ccco2)ccc1F. The highest BCUT2D eigenvalue weighted by molar-refractivity contribution is 7.98. The lowest BCUT2D eigenvalue weighted by Gasteiger charge is -2.08. The molecule has 0 bridgehead atoms. The van der Waals surface area contributed by atoms with Crippen molar-refractivity contribution >= 4 is 21.8 Å². The molecule has 0 unspecified atom stereocenters. The molecule has 0 spiro atoms. The molecule has 0 aliphatic carbocycles. The van der Waals surface area contributed by atoms with E-state index in [0.29, 0.717) is 11.5 Å². The maximum atomic E-state index is 13.3. The first-order chi connectivity index (χ1) is 10.5. The van der Waals surface area contributed by atoms with Gasteiger partial charge in [-0.2, -0.15) is 11.8 Å². The standard InChI is InChI=1S/C14H16FNO4S2/c1-19-14-9-12(4-5-13(14)15)22(17,18)16-6-8-21-10-11-3-2-7-20-11/h2-5,7,9,16H,6,8,10H2,1H3. The van der Waals surface area contributed by atoms with Crippen LogP contribution in [0.5, 0.6) is 5.75 Å². The summed E-state index contributed by atoms with van der Waals surface area (Å²) < 4.78 is 49.9. The predicted molar refractivity (Wildman–Crippen MR) is 83.0 cm³/mol. The Kier molecular flexibility index (Phi) is 5.87. The highest BCUT2D eigenvalue weighted by Crippen LogP contribution is 2.21. The number of nitrogens with one attached hydrogen (secondary N) is 1. The first-order valence-electron chi connectivity index (χ1n) is 6.46. The molecular formula is C14H16FNO4S2. The Morgan fingerprint density at radius 3 is 2.86 bits per heavy atom. The lowest BCUT2D eigenvalue weighted by molar-refractivity contribution is 0.385. The summed E-state index contributed by atoms with van der Waals surface area (Å²) in [6, 6.07) is 7.10. The molecule has 0 aliphatic rings. The molecule has 1 aromatic carbocycles. The number of ether oxygens (including phenoxy) is 1. The number of thioether (sulfide) groups is 1. The maximum absolute atomic E-state index is 13.3. The fourth-order valence-corrected chi connectivity index (χ4v) is 3.64. The van der Waals surface area contributed by atoms with Crippen LogP contribution in [0.4, 0.5) is 4.39 Å². The van der Waals surface area contributed by atoms with E-state index in [4.69, 9.17) is 9.15 Å². The van der Waals surface area contributed by atoms with Crippen LogP contribution in [-0.2, 0) is 15.8 Å². The summed E-state index contributed by atoms with van der Waals surface area (Å²) in [5.41, 5.74) is 0. The summed E-state index contributed by atoms with van der Waals surface area (Å²) in [7, 11) is -2.39. The quantitative estimate of drug-likeness (QED) is 0.745. The smallest absolute Gasteiger partial charge is 0.240 e. The van der Waals surface area contributed by atoms with Crippen molar-refractivity contribution in [2.45, 2.75) is 10.6 Å². The molecule has 0 atom stereocenters. The van der Waals surface area contributed by atoms with E-state index in [1.165, 1.54) is 13.2 Å². The number of methoxy groups -OCH3 is 1. The van der Waals surface area contributed by atoms with Crippen LogP contribution in [0.2, 0.25) is 0 Å². The molecular weight excluding hydrogens is 329 g/mol. The van der Waals surface area contributed by atoms with Gasteiger partial charge in [-0.15, -0.1) is 0 Å². The molecule has 8 heteroatoms. The Bertz CT molecular complexity index is 702. The Morgan fingerprint density at radius 1 is 1.36 bits per heavy atom. The second-order valence-electron chi connectivity index (χ2n) is 4.33. The highest BCUT2D eigenvalue weighted by atomic mass is 32.2. The summed E-state index contributed by atoms with van der Waals surface area (Å²) in [5.74, 6) is 1.42. The van der Waals surface area contributed by atoms with Crippen LogP contribution in [0, 0.1) is 5.82 Å². The van der Waals surface area contributed by atoms with Crippen LogP contribution in [0.25, 0.3) is 0 Å². The van der Waals surface area contributed by atoms with Crippen molar-refractivity contribution in [3.63, 3.8) is 0 Å². The van der Waals surface area contributed by atoms with Crippen molar-refractivity contribution in [2.75, 3.05) is 19.4 Å². The normalized spacial score (nSPS) is 11.5. The maximum Gasteiger partial charge on any atom is 0.240 e. The Morgan fingerprint density at radius 2 is 2.18 bits per heavy atom. The number of hydrogen-bond acceptors (Lipinski definition) is 5. The second kappa shape index (κ2) is 7.66. The van der Waals surface area contributed by atoms with E-state index in [1.807, 2.05) is 6.07 Å². The first kappa shape index (κ1) is 16.9. The van der Waals surface area contributed by atoms with Crippen molar-refractivity contribution < 1.29 is 22.0 Å². The van der Waals surface area contributed by atoms with Crippen LogP contribution >= 0.6 is 11.8 Å². The first-order valence-corrected chi connectivity index (χ1v) is 9.10. The van der Waals surface area contributed by atoms with E-state index in [2.05, 4.69) is 4.72 Å². The minimum Gasteiger partial charge on any atom is -0.494 e. The van der Waals surface area contributed by atoms with E-state index >= 15 is 0 Å². The molecule has 5 nitrogen and oxygen atoms in total. The van der Waals surface area contributed by atoms with Crippen LogP contribution in [0.15, 0.2) is 45.9 Å². The zero-order chi connectivity index (χ0) is 16.0. The molecule has 0 aliphatic heterocycles. The number of benzene rings is 1. The van der Waals surface area contributed by atoms with Crippen LogP contribution in [0.3, 0.4) is 0 Å². The van der Waals surface area contributed by atoms with Crippen LogP contribution < -0.4 is 9.46 Å². The highest BCUT2D eigenvalue weighted by Gasteiger charge is 2.16. The fourth-order valence-electron chi connectivity index (χ4n) is 1.71. The zero-order valence-electron chi connectivity index (χ0n) is 11.9. The van der Waals surface area contributed by atoms with Crippen molar-refractivity contribution in [3.05, 3.63) is 48.2 Å². The van der Waals surface area contributed by atoms with Crippen molar-refractivity contribution in [1.29, 1.82) is 0 Å². The molecule has 0 fully saturated rings. The van der Waals surface area contributed by atoms with Crippen molar-refractivity contribution in [1.82, 2.24) is 4.72 Å². The monoisotopic (exact) mass is 345 g/mol. The van der Waals surface area contributed by atoms with E-state index in [-0.39, 0.29) is 17.2 Å². The van der Waals surface area contributed by atoms with Gasteiger partial charge in [0.25, 0.3) is 0 Å². The second-order valence-corrected chi connectivity index (χ2v) is 7.20. The molecule has 0 saturated carbocycles. The molecule has 120 valence electrons. The molecule has 1 N–H and O–H groups in total. The molecule has 0 radical (unpaired) electrons. The number of hydrogen-bond donors (Lipinski definition) is 1. The molecule has 2 aromatic rings.